The van der Waals surface area contributed by atoms with Crippen molar-refractivity contribution in [1.29, 1.82) is 0 Å². The van der Waals surface area contributed by atoms with Crippen LogP contribution in [-0.4, -0.2) is 63.6 Å². The fourth-order valence-electron chi connectivity index (χ4n) is 3.64. The third-order valence-corrected chi connectivity index (χ3v) is 7.20. The predicted molar refractivity (Wildman–Crippen MR) is 134 cm³/mol. The van der Waals surface area contributed by atoms with Crippen LogP contribution >= 0.6 is 0 Å². The van der Waals surface area contributed by atoms with E-state index in [1.165, 1.54) is 18.2 Å². The number of urea groups is 1. The standard InChI is InChI=1S/C26H33N3O5S/c1-20(2)23(13-18-35(32,33)22-11-7-4-8-12-22)27-25(30)24(19-21-9-5-3-6-10-21)28-26(31)29-14-16-34-17-15-29/h3-13,18,20,23-24H,14-17,19H2,1-2H3,(H,27,30)(H,28,31)/b18-13+/t23-,24?/m1/s1. The van der Waals surface area contributed by atoms with Crippen LogP contribution in [0.15, 0.2) is 77.0 Å². The van der Waals surface area contributed by atoms with E-state index in [2.05, 4.69) is 10.6 Å². The molecule has 0 radical (unpaired) electrons. The van der Waals surface area contributed by atoms with E-state index in [-0.39, 0.29) is 22.8 Å². The average Bonchev–Trinajstić information content (AvgIpc) is 2.87. The molecule has 2 aromatic carbocycles. The third kappa shape index (κ3) is 7.93. The van der Waals surface area contributed by atoms with Crippen LogP contribution in [0.2, 0.25) is 0 Å². The zero-order valence-electron chi connectivity index (χ0n) is 20.1. The zero-order chi connectivity index (χ0) is 25.3. The van der Waals surface area contributed by atoms with E-state index in [1.54, 1.807) is 23.1 Å². The van der Waals surface area contributed by atoms with Crippen molar-refractivity contribution in [2.45, 2.75) is 37.2 Å². The van der Waals surface area contributed by atoms with E-state index < -0.39 is 21.9 Å². The van der Waals surface area contributed by atoms with Crippen molar-refractivity contribution < 1.29 is 22.7 Å². The molecular weight excluding hydrogens is 466 g/mol. The Morgan fingerprint density at radius 2 is 1.57 bits per heavy atom. The van der Waals surface area contributed by atoms with Gasteiger partial charge in [-0.2, -0.15) is 0 Å². The summed E-state index contributed by atoms with van der Waals surface area (Å²) in [4.78, 5) is 28.0. The van der Waals surface area contributed by atoms with Crippen LogP contribution in [0.4, 0.5) is 4.79 Å². The molecule has 1 heterocycles. The zero-order valence-corrected chi connectivity index (χ0v) is 20.9. The summed E-state index contributed by atoms with van der Waals surface area (Å²) in [6.45, 7) is 5.62. The number of carbonyl (C=O) groups is 2. The minimum absolute atomic E-state index is 0.0755. The Labute approximate surface area is 207 Å². The molecule has 1 aliphatic heterocycles. The first-order valence-electron chi connectivity index (χ1n) is 11.7. The molecule has 2 aromatic rings. The van der Waals surface area contributed by atoms with E-state index in [4.69, 9.17) is 4.74 Å². The van der Waals surface area contributed by atoms with Gasteiger partial charge in [0.15, 0.2) is 9.84 Å². The SMILES string of the molecule is CC(C)[C@@H](/C=C/S(=O)(=O)c1ccccc1)NC(=O)C(Cc1ccccc1)NC(=O)N1CCOCC1. The van der Waals surface area contributed by atoms with Gasteiger partial charge >= 0.3 is 6.03 Å². The lowest BCUT2D eigenvalue weighted by atomic mass is 10.0. The number of benzene rings is 2. The van der Waals surface area contributed by atoms with E-state index >= 15 is 0 Å². The number of hydrogen-bond donors (Lipinski definition) is 2. The first-order valence-corrected chi connectivity index (χ1v) is 13.3. The maximum Gasteiger partial charge on any atom is 0.318 e. The summed E-state index contributed by atoms with van der Waals surface area (Å²) < 4.78 is 30.6. The fourth-order valence-corrected chi connectivity index (χ4v) is 4.71. The molecule has 0 bridgehead atoms. The van der Waals surface area contributed by atoms with Gasteiger partial charge in [0.2, 0.25) is 5.91 Å². The van der Waals surface area contributed by atoms with E-state index in [1.807, 2.05) is 44.2 Å². The van der Waals surface area contributed by atoms with Gasteiger partial charge in [-0.25, -0.2) is 13.2 Å². The van der Waals surface area contributed by atoms with Crippen LogP contribution < -0.4 is 10.6 Å². The van der Waals surface area contributed by atoms with Gasteiger partial charge in [0, 0.05) is 24.9 Å². The van der Waals surface area contributed by atoms with Crippen molar-refractivity contribution in [2.75, 3.05) is 26.3 Å². The maximum absolute atomic E-state index is 13.3. The van der Waals surface area contributed by atoms with Gasteiger partial charge in [0.05, 0.1) is 24.2 Å². The lowest BCUT2D eigenvalue weighted by molar-refractivity contribution is -0.123. The molecule has 2 N–H and O–H groups in total. The van der Waals surface area contributed by atoms with Crippen LogP contribution in [0, 0.1) is 5.92 Å². The molecule has 3 amide bonds. The Balaban J connectivity index is 1.75. The van der Waals surface area contributed by atoms with Gasteiger partial charge < -0.3 is 20.3 Å². The predicted octanol–water partition coefficient (Wildman–Crippen LogP) is 2.77. The summed E-state index contributed by atoms with van der Waals surface area (Å²) in [7, 11) is -3.65. The number of hydrogen-bond acceptors (Lipinski definition) is 5. The lowest BCUT2D eigenvalue weighted by Crippen LogP contribution is -2.55. The van der Waals surface area contributed by atoms with Gasteiger partial charge in [-0.3, -0.25) is 4.79 Å². The molecule has 0 saturated carbocycles. The molecule has 1 unspecified atom stereocenters. The van der Waals surface area contributed by atoms with Crippen LogP contribution in [-0.2, 0) is 25.8 Å². The Hall–Kier alpha value is -3.17. The molecule has 0 spiro atoms. The second-order valence-electron chi connectivity index (χ2n) is 8.76. The molecule has 35 heavy (non-hydrogen) atoms. The molecule has 1 fully saturated rings. The van der Waals surface area contributed by atoms with Crippen molar-refractivity contribution in [3.05, 3.63) is 77.7 Å². The Kier molecular flexibility index (Phi) is 9.45. The highest BCUT2D eigenvalue weighted by atomic mass is 32.2. The van der Waals surface area contributed by atoms with Crippen LogP contribution in [0.3, 0.4) is 0 Å². The van der Waals surface area contributed by atoms with Crippen LogP contribution in [0.5, 0.6) is 0 Å². The number of nitrogens with one attached hydrogen (secondary N) is 2. The van der Waals surface area contributed by atoms with E-state index in [0.29, 0.717) is 32.7 Å². The van der Waals surface area contributed by atoms with Crippen molar-refractivity contribution in [1.82, 2.24) is 15.5 Å². The summed E-state index contributed by atoms with van der Waals surface area (Å²) >= 11 is 0. The van der Waals surface area contributed by atoms with Gasteiger partial charge in [0.25, 0.3) is 0 Å². The lowest BCUT2D eigenvalue weighted by Gasteiger charge is -2.30. The summed E-state index contributed by atoms with van der Waals surface area (Å²) in [5.74, 6) is -0.454. The number of rotatable bonds is 9. The molecule has 3 rings (SSSR count). The van der Waals surface area contributed by atoms with E-state index in [0.717, 1.165) is 11.0 Å². The monoisotopic (exact) mass is 499 g/mol. The molecule has 1 aliphatic rings. The third-order valence-electron chi connectivity index (χ3n) is 5.76. The second kappa shape index (κ2) is 12.5. The Morgan fingerprint density at radius 1 is 0.971 bits per heavy atom. The number of ether oxygens (including phenoxy) is 1. The number of nitrogens with zero attached hydrogens (tertiary/aromatic N) is 1. The number of amides is 3. The molecular formula is C26H33N3O5S. The van der Waals surface area contributed by atoms with Gasteiger partial charge in [-0.05, 0) is 23.6 Å². The highest BCUT2D eigenvalue weighted by molar-refractivity contribution is 7.94. The van der Waals surface area contributed by atoms with Crippen molar-refractivity contribution in [3.8, 4) is 0 Å². The van der Waals surface area contributed by atoms with Crippen molar-refractivity contribution >= 4 is 21.8 Å². The van der Waals surface area contributed by atoms with Crippen molar-refractivity contribution in [2.24, 2.45) is 5.92 Å². The molecule has 188 valence electrons. The quantitative estimate of drug-likeness (QED) is 0.552. The summed E-state index contributed by atoms with van der Waals surface area (Å²) in [5.41, 5.74) is 0.901. The smallest absolute Gasteiger partial charge is 0.318 e. The van der Waals surface area contributed by atoms with Gasteiger partial charge in [-0.15, -0.1) is 0 Å². The molecule has 0 aliphatic carbocycles. The van der Waals surface area contributed by atoms with Gasteiger partial charge in [-0.1, -0.05) is 68.5 Å². The second-order valence-corrected chi connectivity index (χ2v) is 10.6. The molecule has 0 aromatic heterocycles. The van der Waals surface area contributed by atoms with Crippen LogP contribution in [0.25, 0.3) is 0 Å². The number of carbonyl (C=O) groups excluding carboxylic acids is 2. The topological polar surface area (TPSA) is 105 Å². The maximum atomic E-state index is 13.3. The average molecular weight is 500 g/mol. The Morgan fingerprint density at radius 3 is 2.17 bits per heavy atom. The summed E-state index contributed by atoms with van der Waals surface area (Å²) in [5, 5.41) is 6.91. The van der Waals surface area contributed by atoms with E-state index in [9.17, 15) is 18.0 Å². The fraction of sp³-hybridized carbons (Fsp3) is 0.385. The van der Waals surface area contributed by atoms with Crippen LogP contribution in [0.1, 0.15) is 19.4 Å². The highest BCUT2D eigenvalue weighted by Gasteiger charge is 2.27. The molecule has 9 heteroatoms. The first kappa shape index (κ1) is 26.4. The molecule has 1 saturated heterocycles. The van der Waals surface area contributed by atoms with Gasteiger partial charge in [0.1, 0.15) is 6.04 Å². The minimum Gasteiger partial charge on any atom is -0.378 e. The minimum atomic E-state index is -3.65. The normalized spacial score (nSPS) is 16.1. The molecule has 2 atom stereocenters. The summed E-state index contributed by atoms with van der Waals surface area (Å²) in [6.07, 6.45) is 1.80. The highest BCUT2D eigenvalue weighted by Crippen LogP contribution is 2.14. The van der Waals surface area contributed by atoms with Crippen molar-refractivity contribution in [3.63, 3.8) is 0 Å². The Bertz CT molecular complexity index is 1100. The largest absolute Gasteiger partial charge is 0.378 e. The number of sulfone groups is 1. The number of morpholine rings is 1. The molecule has 8 nitrogen and oxygen atoms in total. The first-order chi connectivity index (χ1) is 16.8. The summed E-state index contributed by atoms with van der Waals surface area (Å²) in [6, 6.07) is 15.9.